The van der Waals surface area contributed by atoms with Crippen molar-refractivity contribution in [3.05, 3.63) is 72.1 Å². The molecule has 5 nitrogen and oxygen atoms in total. The molecular weight excluding hydrogens is 390 g/mol. The fourth-order valence-electron chi connectivity index (χ4n) is 3.71. The molecule has 30 heavy (non-hydrogen) atoms. The molecule has 3 heterocycles. The molecule has 4 aromatic rings. The maximum Gasteiger partial charge on any atom is 0.231 e. The van der Waals surface area contributed by atoms with Crippen molar-refractivity contribution >= 4 is 5.65 Å². The minimum absolute atomic E-state index is 0.145. The van der Waals surface area contributed by atoms with Gasteiger partial charge in [-0.2, -0.15) is 0 Å². The number of aromatic nitrogens is 2. The Labute approximate surface area is 171 Å². The highest BCUT2D eigenvalue weighted by atomic mass is 19.1. The Bertz CT molecular complexity index is 1270. The number of rotatable bonds is 4. The minimum Gasteiger partial charge on any atom is -0.454 e. The summed E-state index contributed by atoms with van der Waals surface area (Å²) in [6.07, 6.45) is 2.82. The van der Waals surface area contributed by atoms with Gasteiger partial charge in [0.05, 0.1) is 18.0 Å². The number of pyridine rings is 1. The molecule has 0 radical (unpaired) electrons. The van der Waals surface area contributed by atoms with Crippen LogP contribution in [0.15, 0.2) is 54.9 Å². The summed E-state index contributed by atoms with van der Waals surface area (Å²) in [5.41, 5.74) is 2.94. The molecule has 0 spiro atoms. The standard InChI is InChI=1S/C23H18F2N2O3/c1-13(28)8-16-6-7-27-19(11-26-23(27)22(16)25)15-2-4-18(24)17(9-15)14-3-5-20-21(10-14)30-12-29-20/h2-7,9-11,13,28H,8,12H2,1H3. The van der Waals surface area contributed by atoms with E-state index in [1.165, 1.54) is 6.07 Å². The lowest BCUT2D eigenvalue weighted by Crippen LogP contribution is -2.07. The third-order valence-corrected chi connectivity index (χ3v) is 5.16. The van der Waals surface area contributed by atoms with E-state index in [9.17, 15) is 13.9 Å². The van der Waals surface area contributed by atoms with E-state index in [-0.39, 0.29) is 24.7 Å². The Kier molecular flexibility index (Phi) is 4.40. The van der Waals surface area contributed by atoms with E-state index in [0.29, 0.717) is 39.4 Å². The van der Waals surface area contributed by atoms with Gasteiger partial charge in [-0.15, -0.1) is 0 Å². The molecule has 0 fully saturated rings. The van der Waals surface area contributed by atoms with Gasteiger partial charge in [0.2, 0.25) is 6.79 Å². The Morgan fingerprint density at radius 1 is 1.07 bits per heavy atom. The number of hydrogen-bond acceptors (Lipinski definition) is 4. The van der Waals surface area contributed by atoms with Crippen LogP contribution in [0, 0.1) is 11.6 Å². The second-order valence-electron chi connectivity index (χ2n) is 7.31. The van der Waals surface area contributed by atoms with Gasteiger partial charge in [0.15, 0.2) is 23.0 Å². The SMILES string of the molecule is CC(O)Cc1ccn2c(-c3ccc(F)c(-c4ccc5c(c4)OCO5)c3)cnc2c1F. The fourth-order valence-corrected chi connectivity index (χ4v) is 3.71. The summed E-state index contributed by atoms with van der Waals surface area (Å²) < 4.78 is 41.8. The lowest BCUT2D eigenvalue weighted by atomic mass is 10.0. The average Bonchev–Trinajstić information content (AvgIpc) is 3.37. The minimum atomic E-state index is -0.655. The Balaban J connectivity index is 1.59. The van der Waals surface area contributed by atoms with Gasteiger partial charge in [-0.25, -0.2) is 13.8 Å². The molecule has 1 N–H and O–H groups in total. The van der Waals surface area contributed by atoms with Crippen molar-refractivity contribution in [1.29, 1.82) is 0 Å². The zero-order valence-electron chi connectivity index (χ0n) is 16.1. The van der Waals surface area contributed by atoms with Crippen LogP contribution in [0.2, 0.25) is 0 Å². The number of hydrogen-bond donors (Lipinski definition) is 1. The summed E-state index contributed by atoms with van der Waals surface area (Å²) in [6, 6.07) is 11.6. The van der Waals surface area contributed by atoms with E-state index in [4.69, 9.17) is 9.47 Å². The van der Waals surface area contributed by atoms with Crippen LogP contribution in [0.1, 0.15) is 12.5 Å². The van der Waals surface area contributed by atoms with E-state index in [0.717, 1.165) is 0 Å². The molecule has 1 aliphatic rings. The summed E-state index contributed by atoms with van der Waals surface area (Å²) in [5, 5.41) is 9.56. The Morgan fingerprint density at radius 2 is 1.87 bits per heavy atom. The molecule has 152 valence electrons. The Morgan fingerprint density at radius 3 is 2.70 bits per heavy atom. The third-order valence-electron chi connectivity index (χ3n) is 5.16. The fraction of sp³-hybridized carbons (Fsp3) is 0.174. The molecule has 0 saturated heterocycles. The molecule has 1 aliphatic heterocycles. The topological polar surface area (TPSA) is 56.0 Å². The number of imidazole rings is 1. The van der Waals surface area contributed by atoms with Crippen molar-refractivity contribution < 1.29 is 23.4 Å². The van der Waals surface area contributed by atoms with Gasteiger partial charge < -0.3 is 14.6 Å². The van der Waals surface area contributed by atoms with Crippen LogP contribution in [0.4, 0.5) is 8.78 Å². The van der Waals surface area contributed by atoms with Crippen molar-refractivity contribution in [2.75, 3.05) is 6.79 Å². The number of nitrogens with zero attached hydrogens (tertiary/aromatic N) is 2. The van der Waals surface area contributed by atoms with Crippen molar-refractivity contribution in [3.8, 4) is 33.9 Å². The van der Waals surface area contributed by atoms with Gasteiger partial charge in [0.1, 0.15) is 5.82 Å². The van der Waals surface area contributed by atoms with Crippen molar-refractivity contribution in [2.45, 2.75) is 19.4 Å². The lowest BCUT2D eigenvalue weighted by Gasteiger charge is -2.10. The highest BCUT2D eigenvalue weighted by molar-refractivity contribution is 5.75. The zero-order chi connectivity index (χ0) is 20.8. The molecule has 0 amide bonds. The summed E-state index contributed by atoms with van der Waals surface area (Å²) in [6.45, 7) is 1.75. The number of ether oxygens (including phenoxy) is 2. The van der Waals surface area contributed by atoms with Gasteiger partial charge in [-0.1, -0.05) is 6.07 Å². The first kappa shape index (κ1) is 18.6. The van der Waals surface area contributed by atoms with Crippen LogP contribution >= 0.6 is 0 Å². The monoisotopic (exact) mass is 408 g/mol. The first-order valence-corrected chi connectivity index (χ1v) is 9.53. The van der Waals surface area contributed by atoms with E-state index in [2.05, 4.69) is 4.98 Å². The molecule has 5 rings (SSSR count). The number of halogens is 2. The summed E-state index contributed by atoms with van der Waals surface area (Å²) in [7, 11) is 0. The Hall–Kier alpha value is -3.45. The summed E-state index contributed by atoms with van der Waals surface area (Å²) in [4.78, 5) is 4.21. The molecule has 2 aromatic carbocycles. The largest absolute Gasteiger partial charge is 0.454 e. The lowest BCUT2D eigenvalue weighted by molar-refractivity contribution is 0.174. The van der Waals surface area contributed by atoms with Crippen molar-refractivity contribution in [2.24, 2.45) is 0 Å². The highest BCUT2D eigenvalue weighted by Crippen LogP contribution is 2.37. The maximum absolute atomic E-state index is 14.8. The van der Waals surface area contributed by atoms with Crippen LogP contribution in [0.25, 0.3) is 28.0 Å². The molecule has 2 aromatic heterocycles. The second kappa shape index (κ2) is 7.11. The smallest absolute Gasteiger partial charge is 0.231 e. The maximum atomic E-state index is 14.8. The van der Waals surface area contributed by atoms with E-state index in [1.54, 1.807) is 60.1 Å². The van der Waals surface area contributed by atoms with E-state index < -0.39 is 11.9 Å². The molecule has 1 unspecified atom stereocenters. The number of benzene rings is 2. The van der Waals surface area contributed by atoms with Crippen molar-refractivity contribution in [1.82, 2.24) is 9.38 Å². The molecule has 0 saturated carbocycles. The van der Waals surface area contributed by atoms with Crippen LogP contribution in [0.5, 0.6) is 11.5 Å². The third kappa shape index (κ3) is 3.07. The summed E-state index contributed by atoms with van der Waals surface area (Å²) in [5.74, 6) is 0.347. The average molecular weight is 408 g/mol. The van der Waals surface area contributed by atoms with Crippen LogP contribution in [-0.2, 0) is 6.42 Å². The van der Waals surface area contributed by atoms with Gasteiger partial charge in [0, 0.05) is 23.7 Å². The first-order chi connectivity index (χ1) is 14.5. The predicted octanol–water partition coefficient (Wildman–Crippen LogP) is 4.60. The zero-order valence-corrected chi connectivity index (χ0v) is 16.1. The number of fused-ring (bicyclic) bond motifs is 2. The van der Waals surface area contributed by atoms with Crippen LogP contribution in [0.3, 0.4) is 0 Å². The van der Waals surface area contributed by atoms with E-state index >= 15 is 0 Å². The normalized spacial score (nSPS) is 13.7. The molecule has 7 heteroatoms. The van der Waals surface area contributed by atoms with Gasteiger partial charge >= 0.3 is 0 Å². The van der Waals surface area contributed by atoms with Gasteiger partial charge in [-0.05, 0) is 54.4 Å². The summed E-state index contributed by atoms with van der Waals surface area (Å²) >= 11 is 0. The molecular formula is C23H18F2N2O3. The highest BCUT2D eigenvalue weighted by Gasteiger charge is 2.18. The molecule has 0 bridgehead atoms. The van der Waals surface area contributed by atoms with Gasteiger partial charge in [-0.3, -0.25) is 4.40 Å². The quantitative estimate of drug-likeness (QED) is 0.536. The number of aliphatic hydroxyl groups excluding tert-OH is 1. The second-order valence-corrected chi connectivity index (χ2v) is 7.31. The van der Waals surface area contributed by atoms with Crippen molar-refractivity contribution in [3.63, 3.8) is 0 Å². The first-order valence-electron chi connectivity index (χ1n) is 9.53. The number of aliphatic hydroxyl groups is 1. The molecule has 0 aliphatic carbocycles. The van der Waals surface area contributed by atoms with E-state index in [1.807, 2.05) is 0 Å². The van der Waals surface area contributed by atoms with Gasteiger partial charge in [0.25, 0.3) is 0 Å². The van der Waals surface area contributed by atoms with Crippen LogP contribution < -0.4 is 9.47 Å². The molecule has 1 atom stereocenters. The van der Waals surface area contributed by atoms with Crippen LogP contribution in [-0.4, -0.2) is 27.4 Å². The predicted molar refractivity (Wildman–Crippen MR) is 107 cm³/mol.